The van der Waals surface area contributed by atoms with Crippen molar-refractivity contribution in [3.63, 3.8) is 0 Å². The Bertz CT molecular complexity index is 649. The summed E-state index contributed by atoms with van der Waals surface area (Å²) in [6.07, 6.45) is 0.209. The smallest absolute Gasteiger partial charge is 0.321 e. The second-order valence-electron chi connectivity index (χ2n) is 5.12. The Morgan fingerprint density at radius 2 is 1.91 bits per heavy atom. The minimum Gasteiger partial charge on any atom is -0.334 e. The molecule has 0 aliphatic rings. The Morgan fingerprint density at radius 3 is 2.55 bits per heavy atom. The number of hydrogen-bond donors (Lipinski definition) is 2. The van der Waals surface area contributed by atoms with Gasteiger partial charge in [-0.15, -0.1) is 0 Å². The molecular weight excluding hydrogens is 280 g/mol. The number of nitrogens with one attached hydrogen (secondary N) is 2. The van der Waals surface area contributed by atoms with Gasteiger partial charge in [-0.1, -0.05) is 30.3 Å². The minimum atomic E-state index is -0.484. The van der Waals surface area contributed by atoms with Crippen molar-refractivity contribution in [3.05, 3.63) is 53.3 Å². The Labute approximate surface area is 129 Å². The van der Waals surface area contributed by atoms with E-state index >= 15 is 0 Å². The summed E-state index contributed by atoms with van der Waals surface area (Å²) in [5.41, 5.74) is 2.89. The fourth-order valence-electron chi connectivity index (χ4n) is 2.12. The van der Waals surface area contributed by atoms with Crippen molar-refractivity contribution in [2.75, 3.05) is 0 Å². The van der Waals surface area contributed by atoms with Crippen LogP contribution in [0.25, 0.3) is 0 Å². The molecule has 0 fully saturated rings. The van der Waals surface area contributed by atoms with Crippen LogP contribution in [0.5, 0.6) is 0 Å². The predicted molar refractivity (Wildman–Crippen MR) is 83.1 cm³/mol. The molecule has 0 unspecified atom stereocenters. The molecule has 3 amide bonds. The van der Waals surface area contributed by atoms with Crippen molar-refractivity contribution in [2.45, 2.75) is 33.4 Å². The van der Waals surface area contributed by atoms with Gasteiger partial charge >= 0.3 is 6.03 Å². The highest BCUT2D eigenvalue weighted by Gasteiger charge is 2.09. The lowest BCUT2D eigenvalue weighted by molar-refractivity contribution is -0.120. The number of amides is 3. The van der Waals surface area contributed by atoms with Crippen LogP contribution in [0.3, 0.4) is 0 Å². The molecule has 1 aromatic carbocycles. The van der Waals surface area contributed by atoms with Gasteiger partial charge in [-0.3, -0.25) is 14.8 Å². The fraction of sp³-hybridized carbons (Fsp3) is 0.312. The van der Waals surface area contributed by atoms with E-state index in [4.69, 9.17) is 0 Å². The second-order valence-corrected chi connectivity index (χ2v) is 5.12. The molecule has 1 aromatic heterocycles. The van der Waals surface area contributed by atoms with Crippen molar-refractivity contribution in [3.8, 4) is 0 Å². The lowest BCUT2D eigenvalue weighted by Crippen LogP contribution is -2.39. The number of urea groups is 1. The van der Waals surface area contributed by atoms with Gasteiger partial charge in [0.1, 0.15) is 0 Å². The van der Waals surface area contributed by atoms with Gasteiger partial charge in [0, 0.05) is 25.2 Å². The molecule has 0 spiro atoms. The number of aromatic nitrogens is 2. The summed E-state index contributed by atoms with van der Waals surface area (Å²) >= 11 is 0. The van der Waals surface area contributed by atoms with Crippen LogP contribution < -0.4 is 10.6 Å². The van der Waals surface area contributed by atoms with Crippen molar-refractivity contribution in [2.24, 2.45) is 0 Å². The highest BCUT2D eigenvalue weighted by atomic mass is 16.2. The first-order valence-electron chi connectivity index (χ1n) is 7.17. The maximum atomic E-state index is 11.7. The number of benzene rings is 1. The number of rotatable bonds is 5. The Balaban J connectivity index is 1.72. The van der Waals surface area contributed by atoms with E-state index < -0.39 is 6.03 Å². The monoisotopic (exact) mass is 300 g/mol. The Morgan fingerprint density at radius 1 is 1.18 bits per heavy atom. The van der Waals surface area contributed by atoms with Crippen LogP contribution in [-0.4, -0.2) is 21.7 Å². The summed E-state index contributed by atoms with van der Waals surface area (Å²) in [7, 11) is 0. The SMILES string of the molecule is Cc1cc(C)n(CCC(=O)NC(=O)NCc2ccccc2)n1. The van der Waals surface area contributed by atoms with Gasteiger partial charge < -0.3 is 5.32 Å². The Hall–Kier alpha value is -2.63. The first kappa shape index (κ1) is 15.8. The molecule has 0 saturated heterocycles. The summed E-state index contributed by atoms with van der Waals surface area (Å²) in [6, 6.07) is 11.0. The van der Waals surface area contributed by atoms with Crippen LogP contribution in [-0.2, 0) is 17.9 Å². The van der Waals surface area contributed by atoms with Crippen LogP contribution in [0, 0.1) is 13.8 Å². The molecule has 0 saturated carbocycles. The number of aryl methyl sites for hydroxylation is 3. The molecule has 0 aliphatic heterocycles. The molecule has 6 heteroatoms. The second kappa shape index (κ2) is 7.40. The number of nitrogens with zero attached hydrogens (tertiary/aromatic N) is 2. The molecule has 0 radical (unpaired) electrons. The standard InChI is InChI=1S/C16H20N4O2/c1-12-10-13(2)20(19-12)9-8-15(21)18-16(22)17-11-14-6-4-3-5-7-14/h3-7,10H,8-9,11H2,1-2H3,(H2,17,18,21,22). The summed E-state index contributed by atoms with van der Waals surface area (Å²) in [4.78, 5) is 23.4. The molecule has 22 heavy (non-hydrogen) atoms. The third-order valence-corrected chi connectivity index (χ3v) is 3.20. The highest BCUT2D eigenvalue weighted by molar-refractivity contribution is 5.94. The lowest BCUT2D eigenvalue weighted by atomic mass is 10.2. The molecule has 0 bridgehead atoms. The number of carbonyl (C=O) groups is 2. The number of imide groups is 1. The molecule has 2 rings (SSSR count). The van der Waals surface area contributed by atoms with E-state index in [2.05, 4.69) is 15.7 Å². The summed E-state index contributed by atoms with van der Waals surface area (Å²) in [5, 5.41) is 9.24. The van der Waals surface area contributed by atoms with Crippen molar-refractivity contribution < 1.29 is 9.59 Å². The first-order valence-corrected chi connectivity index (χ1v) is 7.17. The average Bonchev–Trinajstić information content (AvgIpc) is 2.82. The van der Waals surface area contributed by atoms with Gasteiger partial charge in [-0.2, -0.15) is 5.10 Å². The predicted octanol–water partition coefficient (Wildman–Crippen LogP) is 1.92. The zero-order chi connectivity index (χ0) is 15.9. The quantitative estimate of drug-likeness (QED) is 0.885. The van der Waals surface area contributed by atoms with E-state index in [-0.39, 0.29) is 12.3 Å². The van der Waals surface area contributed by atoms with Gasteiger partial charge in [0.2, 0.25) is 5.91 Å². The van der Waals surface area contributed by atoms with Gasteiger partial charge in [-0.25, -0.2) is 4.79 Å². The highest BCUT2D eigenvalue weighted by Crippen LogP contribution is 2.02. The molecule has 6 nitrogen and oxygen atoms in total. The lowest BCUT2D eigenvalue weighted by Gasteiger charge is -2.07. The van der Waals surface area contributed by atoms with E-state index in [1.165, 1.54) is 0 Å². The third kappa shape index (κ3) is 4.73. The van der Waals surface area contributed by atoms with Crippen molar-refractivity contribution >= 4 is 11.9 Å². The van der Waals surface area contributed by atoms with Crippen LogP contribution in [0.1, 0.15) is 23.4 Å². The van der Waals surface area contributed by atoms with Gasteiger partial charge in [-0.05, 0) is 25.5 Å². The molecule has 2 aromatic rings. The zero-order valence-corrected chi connectivity index (χ0v) is 12.8. The van der Waals surface area contributed by atoms with Crippen molar-refractivity contribution in [1.29, 1.82) is 0 Å². The van der Waals surface area contributed by atoms with Crippen LogP contribution in [0.2, 0.25) is 0 Å². The molecule has 1 heterocycles. The third-order valence-electron chi connectivity index (χ3n) is 3.20. The molecule has 0 aliphatic carbocycles. The number of hydrogen-bond acceptors (Lipinski definition) is 3. The molecule has 116 valence electrons. The number of carbonyl (C=O) groups excluding carboxylic acids is 2. The van der Waals surface area contributed by atoms with E-state index in [0.717, 1.165) is 17.0 Å². The molecular formula is C16H20N4O2. The maximum Gasteiger partial charge on any atom is 0.321 e. The average molecular weight is 300 g/mol. The van der Waals surface area contributed by atoms with Gasteiger partial charge in [0.15, 0.2) is 0 Å². The Kier molecular flexibility index (Phi) is 5.30. The molecule has 2 N–H and O–H groups in total. The topological polar surface area (TPSA) is 76.0 Å². The maximum absolute atomic E-state index is 11.7. The molecule has 0 atom stereocenters. The largest absolute Gasteiger partial charge is 0.334 e. The van der Waals surface area contributed by atoms with Crippen LogP contribution in [0.4, 0.5) is 4.79 Å². The van der Waals surface area contributed by atoms with E-state index in [9.17, 15) is 9.59 Å². The van der Waals surface area contributed by atoms with E-state index in [1.54, 1.807) is 4.68 Å². The van der Waals surface area contributed by atoms with Crippen LogP contribution >= 0.6 is 0 Å². The van der Waals surface area contributed by atoms with E-state index in [0.29, 0.717) is 13.1 Å². The summed E-state index contributed by atoms with van der Waals surface area (Å²) in [6.45, 7) is 4.68. The fourth-order valence-corrected chi connectivity index (χ4v) is 2.12. The first-order chi connectivity index (χ1) is 10.5. The normalized spacial score (nSPS) is 10.3. The minimum absolute atomic E-state index is 0.209. The zero-order valence-electron chi connectivity index (χ0n) is 12.8. The van der Waals surface area contributed by atoms with E-state index in [1.807, 2.05) is 50.2 Å². The van der Waals surface area contributed by atoms with Crippen molar-refractivity contribution in [1.82, 2.24) is 20.4 Å². The van der Waals surface area contributed by atoms with Gasteiger partial charge in [0.05, 0.1) is 5.69 Å². The van der Waals surface area contributed by atoms with Crippen LogP contribution in [0.15, 0.2) is 36.4 Å². The van der Waals surface area contributed by atoms with Gasteiger partial charge in [0.25, 0.3) is 0 Å². The summed E-state index contributed by atoms with van der Waals surface area (Å²) in [5.74, 6) is -0.321. The summed E-state index contributed by atoms with van der Waals surface area (Å²) < 4.78 is 1.76.